The lowest BCUT2D eigenvalue weighted by atomic mass is 10.2. The number of ether oxygens (including phenoxy) is 1. The Kier molecular flexibility index (Phi) is 3.44. The quantitative estimate of drug-likeness (QED) is 0.750. The van der Waals surface area contributed by atoms with Gasteiger partial charge in [-0.05, 0) is 26.0 Å². The summed E-state index contributed by atoms with van der Waals surface area (Å²) in [6, 6.07) is 4.74. The van der Waals surface area contributed by atoms with Crippen molar-refractivity contribution in [1.29, 1.82) is 0 Å². The van der Waals surface area contributed by atoms with Crippen LogP contribution in [0.2, 0.25) is 0 Å². The highest BCUT2D eigenvalue weighted by atomic mass is 16.5. The second-order valence-corrected chi connectivity index (χ2v) is 4.46. The predicted molar refractivity (Wildman–Crippen MR) is 60.9 cm³/mol. The van der Waals surface area contributed by atoms with Gasteiger partial charge in [0, 0.05) is 38.1 Å². The zero-order valence-corrected chi connectivity index (χ0v) is 9.60. The molecule has 1 aliphatic heterocycles. The summed E-state index contributed by atoms with van der Waals surface area (Å²) in [4.78, 5) is 2.48. The average molecular weight is 208 g/mol. The van der Waals surface area contributed by atoms with E-state index in [4.69, 9.17) is 4.74 Å². The normalized spacial score (nSPS) is 23.5. The second-order valence-electron chi connectivity index (χ2n) is 4.46. The van der Waals surface area contributed by atoms with Gasteiger partial charge in [-0.15, -0.1) is 0 Å². The van der Waals surface area contributed by atoms with Crippen LogP contribution in [0.25, 0.3) is 0 Å². The zero-order valence-electron chi connectivity index (χ0n) is 9.60. The molecule has 1 saturated heterocycles. The van der Waals surface area contributed by atoms with E-state index in [9.17, 15) is 0 Å². The van der Waals surface area contributed by atoms with E-state index in [1.54, 1.807) is 0 Å². The Morgan fingerprint density at radius 2 is 2.07 bits per heavy atom. The summed E-state index contributed by atoms with van der Waals surface area (Å²) in [6.07, 6.45) is 4.53. The topological polar surface area (TPSA) is 17.4 Å². The minimum Gasteiger partial charge on any atom is -0.374 e. The number of aromatic nitrogens is 1. The maximum absolute atomic E-state index is 5.77. The predicted octanol–water partition coefficient (Wildman–Crippen LogP) is 1.60. The van der Waals surface area contributed by atoms with Crippen molar-refractivity contribution in [3.63, 3.8) is 0 Å². The molecule has 0 aliphatic carbocycles. The van der Waals surface area contributed by atoms with Gasteiger partial charge in [0.05, 0.1) is 12.7 Å². The minimum atomic E-state index is 0.341. The van der Waals surface area contributed by atoms with Gasteiger partial charge >= 0.3 is 0 Å². The van der Waals surface area contributed by atoms with E-state index in [1.807, 2.05) is 0 Å². The van der Waals surface area contributed by atoms with E-state index in [2.05, 4.69) is 47.8 Å². The van der Waals surface area contributed by atoms with E-state index in [1.165, 1.54) is 0 Å². The number of hydrogen-bond donors (Lipinski definition) is 0. The Bertz CT molecular complexity index is 282. The van der Waals surface area contributed by atoms with Crippen LogP contribution >= 0.6 is 0 Å². The average Bonchev–Trinajstić information content (AvgIpc) is 2.71. The summed E-state index contributed by atoms with van der Waals surface area (Å²) >= 11 is 0. The van der Waals surface area contributed by atoms with E-state index in [0.717, 1.165) is 26.2 Å². The van der Waals surface area contributed by atoms with Gasteiger partial charge in [0.25, 0.3) is 0 Å². The van der Waals surface area contributed by atoms with E-state index < -0.39 is 0 Å². The van der Waals surface area contributed by atoms with Crippen molar-refractivity contribution in [2.75, 3.05) is 19.7 Å². The number of hydrogen-bond acceptors (Lipinski definition) is 2. The molecule has 2 heterocycles. The molecule has 84 valence electrons. The Labute approximate surface area is 91.6 Å². The lowest BCUT2D eigenvalue weighted by Crippen LogP contribution is -2.47. The molecule has 0 N–H and O–H groups in total. The third-order valence-electron chi connectivity index (χ3n) is 2.98. The highest BCUT2D eigenvalue weighted by Gasteiger charge is 2.21. The summed E-state index contributed by atoms with van der Waals surface area (Å²) in [5.74, 6) is 0. The van der Waals surface area contributed by atoms with Crippen molar-refractivity contribution in [2.24, 2.45) is 0 Å². The molecule has 15 heavy (non-hydrogen) atoms. The van der Waals surface area contributed by atoms with E-state index >= 15 is 0 Å². The van der Waals surface area contributed by atoms with Gasteiger partial charge in [0.2, 0.25) is 0 Å². The fraction of sp³-hybridized carbons (Fsp3) is 0.667. The van der Waals surface area contributed by atoms with Crippen LogP contribution in [0.3, 0.4) is 0 Å². The molecular formula is C12H20N2O. The first kappa shape index (κ1) is 10.7. The first-order chi connectivity index (χ1) is 7.25. The van der Waals surface area contributed by atoms with E-state index in [-0.39, 0.29) is 0 Å². The molecule has 0 amide bonds. The molecule has 0 radical (unpaired) electrons. The Morgan fingerprint density at radius 3 is 2.73 bits per heavy atom. The molecule has 1 aromatic heterocycles. The Morgan fingerprint density at radius 1 is 1.33 bits per heavy atom. The fourth-order valence-corrected chi connectivity index (χ4v) is 2.05. The van der Waals surface area contributed by atoms with Crippen molar-refractivity contribution in [2.45, 2.75) is 32.5 Å². The van der Waals surface area contributed by atoms with Crippen molar-refractivity contribution in [3.05, 3.63) is 24.5 Å². The number of rotatable bonds is 3. The summed E-state index contributed by atoms with van der Waals surface area (Å²) in [7, 11) is 0. The highest BCUT2D eigenvalue weighted by molar-refractivity contribution is 4.91. The highest BCUT2D eigenvalue weighted by Crippen LogP contribution is 2.10. The van der Waals surface area contributed by atoms with Gasteiger partial charge in [-0.25, -0.2) is 0 Å². The van der Waals surface area contributed by atoms with Crippen LogP contribution in [0, 0.1) is 0 Å². The Balaban J connectivity index is 1.88. The van der Waals surface area contributed by atoms with Crippen molar-refractivity contribution < 1.29 is 4.74 Å². The van der Waals surface area contributed by atoms with Crippen LogP contribution in [-0.4, -0.2) is 41.3 Å². The lowest BCUT2D eigenvalue weighted by molar-refractivity contribution is -0.0455. The number of morpholine rings is 1. The molecule has 1 fully saturated rings. The van der Waals surface area contributed by atoms with Crippen molar-refractivity contribution in [3.8, 4) is 0 Å². The molecular weight excluding hydrogens is 188 g/mol. The third-order valence-corrected chi connectivity index (χ3v) is 2.98. The van der Waals surface area contributed by atoms with Gasteiger partial charge in [-0.3, -0.25) is 4.90 Å². The molecule has 1 aromatic rings. The number of nitrogens with zero attached hydrogens (tertiary/aromatic N) is 2. The molecule has 1 atom stereocenters. The van der Waals surface area contributed by atoms with Crippen LogP contribution in [0.5, 0.6) is 0 Å². The maximum atomic E-state index is 5.77. The van der Waals surface area contributed by atoms with Crippen LogP contribution in [-0.2, 0) is 11.3 Å². The van der Waals surface area contributed by atoms with Gasteiger partial charge in [0.15, 0.2) is 0 Å². The Hall–Kier alpha value is -0.800. The third kappa shape index (κ3) is 2.83. The smallest absolute Gasteiger partial charge is 0.0881 e. The minimum absolute atomic E-state index is 0.341. The largest absolute Gasteiger partial charge is 0.374 e. The summed E-state index contributed by atoms with van der Waals surface area (Å²) in [5.41, 5.74) is 0. The molecule has 1 unspecified atom stereocenters. The van der Waals surface area contributed by atoms with Crippen molar-refractivity contribution >= 4 is 0 Å². The van der Waals surface area contributed by atoms with Crippen LogP contribution in [0.1, 0.15) is 13.8 Å². The van der Waals surface area contributed by atoms with Crippen LogP contribution in [0.4, 0.5) is 0 Å². The molecule has 2 rings (SSSR count). The molecule has 0 aromatic carbocycles. The summed E-state index contributed by atoms with van der Waals surface area (Å²) < 4.78 is 7.96. The molecule has 0 bridgehead atoms. The molecule has 0 saturated carbocycles. The first-order valence-corrected chi connectivity index (χ1v) is 5.72. The maximum Gasteiger partial charge on any atom is 0.0881 e. The fourth-order valence-electron chi connectivity index (χ4n) is 2.05. The molecule has 1 aliphatic rings. The van der Waals surface area contributed by atoms with Crippen molar-refractivity contribution in [1.82, 2.24) is 9.47 Å². The van der Waals surface area contributed by atoms with Gasteiger partial charge in [-0.2, -0.15) is 0 Å². The second kappa shape index (κ2) is 4.81. The molecule has 0 spiro atoms. The summed E-state index contributed by atoms with van der Waals surface area (Å²) in [6.45, 7) is 8.45. The van der Waals surface area contributed by atoms with Gasteiger partial charge < -0.3 is 9.30 Å². The monoisotopic (exact) mass is 208 g/mol. The summed E-state index contributed by atoms with van der Waals surface area (Å²) in [5, 5.41) is 0. The standard InChI is InChI=1S/C12H20N2O/c1-11(2)14-7-8-15-12(10-14)9-13-5-3-4-6-13/h3-6,11-12H,7-10H2,1-2H3. The van der Waals surface area contributed by atoms with Gasteiger partial charge in [-0.1, -0.05) is 0 Å². The molecule has 3 heteroatoms. The van der Waals surface area contributed by atoms with Crippen LogP contribution < -0.4 is 0 Å². The SMILES string of the molecule is CC(C)N1CCOC(Cn2cccc2)C1. The molecule has 3 nitrogen and oxygen atoms in total. The van der Waals surface area contributed by atoms with Crippen LogP contribution in [0.15, 0.2) is 24.5 Å². The lowest BCUT2D eigenvalue weighted by Gasteiger charge is -2.35. The zero-order chi connectivity index (χ0) is 10.7. The van der Waals surface area contributed by atoms with Gasteiger partial charge in [0.1, 0.15) is 0 Å². The van der Waals surface area contributed by atoms with E-state index in [0.29, 0.717) is 12.1 Å². The first-order valence-electron chi connectivity index (χ1n) is 5.72.